The van der Waals surface area contributed by atoms with Gasteiger partial charge in [0.25, 0.3) is 0 Å². The second-order valence-corrected chi connectivity index (χ2v) is 10.2. The molecule has 38 heavy (non-hydrogen) atoms. The number of benzene rings is 1. The quantitative estimate of drug-likeness (QED) is 0.407. The number of rotatable bonds is 3. The molecule has 196 valence electrons. The van der Waals surface area contributed by atoms with Crippen LogP contribution < -0.4 is 15.3 Å². The average molecular weight is 520 g/mol. The molecule has 2 aliphatic rings. The molecule has 1 saturated heterocycles. The van der Waals surface area contributed by atoms with Gasteiger partial charge in [-0.3, -0.25) is 4.98 Å². The zero-order valence-corrected chi connectivity index (χ0v) is 21.3. The molecule has 0 aliphatic carbocycles. The minimum Gasteiger partial charge on any atom is -0.507 e. The van der Waals surface area contributed by atoms with Gasteiger partial charge in [0.1, 0.15) is 35.1 Å². The average Bonchev–Trinajstić information content (AvgIpc) is 3.05. The summed E-state index contributed by atoms with van der Waals surface area (Å²) in [6.07, 6.45) is 4.34. The molecule has 1 N–H and O–H groups in total. The maximum absolute atomic E-state index is 16.2. The van der Waals surface area contributed by atoms with E-state index in [2.05, 4.69) is 15.0 Å². The smallest absolute Gasteiger partial charge is 0.355 e. The summed E-state index contributed by atoms with van der Waals surface area (Å²) >= 11 is 0. The zero-order valence-electron chi connectivity index (χ0n) is 21.3. The van der Waals surface area contributed by atoms with E-state index in [1.54, 1.807) is 12.3 Å². The molecular weight excluding hydrogens is 492 g/mol. The highest BCUT2D eigenvalue weighted by Crippen LogP contribution is 2.44. The van der Waals surface area contributed by atoms with Crippen molar-refractivity contribution in [2.45, 2.75) is 52.0 Å². The molecule has 3 aromatic heterocycles. The van der Waals surface area contributed by atoms with Crippen molar-refractivity contribution in [1.29, 1.82) is 0 Å². The molecule has 0 unspecified atom stereocenters. The highest BCUT2D eigenvalue weighted by molar-refractivity contribution is 5.97. The maximum atomic E-state index is 16.2. The van der Waals surface area contributed by atoms with Crippen LogP contribution in [-0.4, -0.2) is 43.8 Å². The lowest BCUT2D eigenvalue weighted by atomic mass is 10.0. The summed E-state index contributed by atoms with van der Waals surface area (Å²) in [5, 5.41) is 10.8. The number of anilines is 1. The maximum Gasteiger partial charge on any atom is 0.355 e. The molecule has 5 heterocycles. The summed E-state index contributed by atoms with van der Waals surface area (Å²) in [6, 6.07) is 5.37. The third-order valence-electron chi connectivity index (χ3n) is 7.38. The number of pyridine rings is 2. The molecule has 0 radical (unpaired) electrons. The van der Waals surface area contributed by atoms with E-state index in [0.717, 1.165) is 30.9 Å². The number of aromatic hydroxyl groups is 1. The molecule has 0 bridgehead atoms. The number of phenols is 1. The van der Waals surface area contributed by atoms with Crippen LogP contribution >= 0.6 is 0 Å². The normalized spacial score (nSPS) is 16.9. The van der Waals surface area contributed by atoms with Gasteiger partial charge in [-0.05, 0) is 55.9 Å². The van der Waals surface area contributed by atoms with E-state index in [4.69, 9.17) is 4.74 Å². The van der Waals surface area contributed by atoms with Crippen LogP contribution in [-0.2, 0) is 0 Å². The van der Waals surface area contributed by atoms with Gasteiger partial charge >= 0.3 is 5.69 Å². The van der Waals surface area contributed by atoms with Crippen molar-refractivity contribution in [2.24, 2.45) is 0 Å². The molecule has 4 aromatic rings. The minimum absolute atomic E-state index is 0.0556. The van der Waals surface area contributed by atoms with Gasteiger partial charge < -0.3 is 14.7 Å². The third kappa shape index (κ3) is 3.61. The fourth-order valence-electron chi connectivity index (χ4n) is 5.55. The van der Waals surface area contributed by atoms with Gasteiger partial charge in [-0.2, -0.15) is 4.98 Å². The Kier molecular flexibility index (Phi) is 5.77. The van der Waals surface area contributed by atoms with Crippen LogP contribution in [0.25, 0.3) is 28.0 Å². The SMILES string of the molecule is Cc1ccnc(C(C)C)c1-n1c(=O)nc2c3c(c(F)c(-c4c(O)cccc4F)nc31)OC[C@@H]1CCCCN21. The number of halogens is 2. The second-order valence-electron chi connectivity index (χ2n) is 10.2. The summed E-state index contributed by atoms with van der Waals surface area (Å²) in [7, 11) is 0. The van der Waals surface area contributed by atoms with Gasteiger partial charge in [-0.25, -0.2) is 23.1 Å². The van der Waals surface area contributed by atoms with Crippen LogP contribution in [0.15, 0.2) is 35.3 Å². The number of hydrogen-bond acceptors (Lipinski definition) is 7. The van der Waals surface area contributed by atoms with Crippen LogP contribution in [0.4, 0.5) is 14.6 Å². The Bertz CT molecular complexity index is 1630. The van der Waals surface area contributed by atoms with E-state index in [-0.39, 0.29) is 35.3 Å². The Morgan fingerprint density at radius 3 is 2.74 bits per heavy atom. The number of fused-ring (bicyclic) bond motifs is 2. The van der Waals surface area contributed by atoms with Crippen LogP contribution in [0.1, 0.15) is 50.3 Å². The Labute approximate surface area is 217 Å². The van der Waals surface area contributed by atoms with Crippen molar-refractivity contribution in [1.82, 2.24) is 19.5 Å². The molecule has 1 fully saturated rings. The molecule has 0 spiro atoms. The third-order valence-corrected chi connectivity index (χ3v) is 7.38. The number of hydrogen-bond donors (Lipinski definition) is 1. The van der Waals surface area contributed by atoms with Crippen molar-refractivity contribution < 1.29 is 18.6 Å². The lowest BCUT2D eigenvalue weighted by molar-refractivity contribution is 0.258. The fraction of sp³-hybridized carbons (Fsp3) is 0.357. The largest absolute Gasteiger partial charge is 0.507 e. The Morgan fingerprint density at radius 1 is 1.16 bits per heavy atom. The van der Waals surface area contributed by atoms with Crippen LogP contribution in [0.5, 0.6) is 11.5 Å². The number of piperidine rings is 1. The first-order valence-electron chi connectivity index (χ1n) is 12.8. The van der Waals surface area contributed by atoms with E-state index < -0.39 is 34.3 Å². The molecule has 2 aliphatic heterocycles. The predicted molar refractivity (Wildman–Crippen MR) is 139 cm³/mol. The van der Waals surface area contributed by atoms with Crippen LogP contribution in [0.2, 0.25) is 0 Å². The van der Waals surface area contributed by atoms with Crippen molar-refractivity contribution in [3.8, 4) is 28.4 Å². The van der Waals surface area contributed by atoms with Crippen molar-refractivity contribution in [2.75, 3.05) is 18.1 Å². The lowest BCUT2D eigenvalue weighted by Crippen LogP contribution is -2.43. The number of aryl methyl sites for hydroxylation is 1. The summed E-state index contributed by atoms with van der Waals surface area (Å²) in [5.74, 6) is -2.15. The van der Waals surface area contributed by atoms with Crippen LogP contribution in [0.3, 0.4) is 0 Å². The molecule has 8 nitrogen and oxygen atoms in total. The molecule has 6 rings (SSSR count). The van der Waals surface area contributed by atoms with E-state index in [9.17, 15) is 14.3 Å². The molecule has 0 amide bonds. The molecule has 10 heteroatoms. The second kappa shape index (κ2) is 9.04. The Morgan fingerprint density at radius 2 is 1.97 bits per heavy atom. The molecule has 1 aromatic carbocycles. The van der Waals surface area contributed by atoms with Crippen LogP contribution in [0, 0.1) is 18.6 Å². The lowest BCUT2D eigenvalue weighted by Gasteiger charge is -2.34. The van der Waals surface area contributed by atoms with Crippen molar-refractivity contribution >= 4 is 16.9 Å². The number of aromatic nitrogens is 4. The number of ether oxygens (including phenoxy) is 1. The Hall–Kier alpha value is -4.08. The zero-order chi connectivity index (χ0) is 26.7. The fourth-order valence-corrected chi connectivity index (χ4v) is 5.55. The van der Waals surface area contributed by atoms with E-state index in [0.29, 0.717) is 23.7 Å². The van der Waals surface area contributed by atoms with Gasteiger partial charge in [-0.15, -0.1) is 0 Å². The topological polar surface area (TPSA) is 93.4 Å². The summed E-state index contributed by atoms with van der Waals surface area (Å²) < 4.78 is 38.6. The van der Waals surface area contributed by atoms with Crippen molar-refractivity contribution in [3.05, 3.63) is 63.8 Å². The first-order chi connectivity index (χ1) is 18.3. The van der Waals surface area contributed by atoms with Gasteiger partial charge in [0, 0.05) is 12.7 Å². The monoisotopic (exact) mass is 519 g/mol. The number of nitrogens with zero attached hydrogens (tertiary/aromatic N) is 5. The molecule has 1 atom stereocenters. The minimum atomic E-state index is -0.919. The summed E-state index contributed by atoms with van der Waals surface area (Å²) in [5.41, 5.74) is 0.483. The van der Waals surface area contributed by atoms with Gasteiger partial charge in [0.15, 0.2) is 17.2 Å². The van der Waals surface area contributed by atoms with E-state index >= 15 is 4.39 Å². The molecule has 0 saturated carbocycles. The van der Waals surface area contributed by atoms with Gasteiger partial charge in [0.05, 0.1) is 23.0 Å². The highest BCUT2D eigenvalue weighted by Gasteiger charge is 2.35. The van der Waals surface area contributed by atoms with E-state index in [1.807, 2.05) is 25.7 Å². The predicted octanol–water partition coefficient (Wildman–Crippen LogP) is 5.01. The number of phenolic OH excluding ortho intramolecular Hbond substituents is 1. The van der Waals surface area contributed by atoms with E-state index in [1.165, 1.54) is 16.7 Å². The first-order valence-corrected chi connectivity index (χ1v) is 12.8. The van der Waals surface area contributed by atoms with Gasteiger partial charge in [0.2, 0.25) is 0 Å². The summed E-state index contributed by atoms with van der Waals surface area (Å²) in [6.45, 7) is 6.57. The summed E-state index contributed by atoms with van der Waals surface area (Å²) in [4.78, 5) is 29.4. The highest BCUT2D eigenvalue weighted by atomic mass is 19.1. The van der Waals surface area contributed by atoms with Gasteiger partial charge in [-0.1, -0.05) is 19.9 Å². The standard InChI is InChI=1S/C28H27F2N5O3/c1-14(2)22-24(15(3)10-11-31-22)35-27-20-25(21(30)23(32-27)19-17(29)8-6-9-18(19)36)38-13-16-7-4-5-12-34(16)26(20)33-28(35)37/h6,8-11,14,16,36H,4-5,7,12-13H2,1-3H3/t16-/m0/s1. The molecular formula is C28H27F2N5O3. The first kappa shape index (κ1) is 24.3. The Balaban J connectivity index is 1.80. The van der Waals surface area contributed by atoms with Crippen molar-refractivity contribution in [3.63, 3.8) is 0 Å².